The predicted octanol–water partition coefficient (Wildman–Crippen LogP) is 3.65. The summed E-state index contributed by atoms with van der Waals surface area (Å²) in [5, 5.41) is -0.731. The topological polar surface area (TPSA) is 60.4 Å². The molecule has 3 aromatic carbocycles. The van der Waals surface area contributed by atoms with E-state index in [4.69, 9.17) is 4.18 Å². The minimum Gasteiger partial charge on any atom is -0.382 e. The lowest BCUT2D eigenvalue weighted by atomic mass is 10.3. The SMILES string of the molecule is O=P(CS(=O)(=O)Oc1ccccc1)(c1ccccc1F)c1ccccc1F. The number of hydrogen-bond donors (Lipinski definition) is 0. The summed E-state index contributed by atoms with van der Waals surface area (Å²) in [7, 11) is -8.64. The van der Waals surface area contributed by atoms with Gasteiger partial charge in [0.2, 0.25) is 0 Å². The minimum atomic E-state index is -4.42. The highest BCUT2D eigenvalue weighted by Gasteiger charge is 2.38. The molecule has 0 radical (unpaired) electrons. The Morgan fingerprint density at radius 3 is 1.67 bits per heavy atom. The molecule has 0 amide bonds. The molecule has 4 nitrogen and oxygen atoms in total. The third kappa shape index (κ3) is 4.26. The molecule has 0 bridgehead atoms. The van der Waals surface area contributed by atoms with Crippen LogP contribution in [0.3, 0.4) is 0 Å². The van der Waals surface area contributed by atoms with Crippen LogP contribution < -0.4 is 14.8 Å². The highest BCUT2D eigenvalue weighted by atomic mass is 32.2. The van der Waals surface area contributed by atoms with E-state index in [1.54, 1.807) is 18.2 Å². The van der Waals surface area contributed by atoms with E-state index < -0.39 is 34.4 Å². The van der Waals surface area contributed by atoms with Crippen molar-refractivity contribution in [1.29, 1.82) is 0 Å². The van der Waals surface area contributed by atoms with Crippen LogP contribution in [-0.4, -0.2) is 13.9 Å². The molecule has 0 aliphatic rings. The lowest BCUT2D eigenvalue weighted by Crippen LogP contribution is -2.28. The van der Waals surface area contributed by atoms with Crippen molar-refractivity contribution in [1.82, 2.24) is 0 Å². The molecule has 0 saturated carbocycles. The van der Waals surface area contributed by atoms with Crippen LogP contribution in [0.5, 0.6) is 5.75 Å². The molecule has 0 saturated heterocycles. The smallest absolute Gasteiger partial charge is 0.316 e. The third-order valence-corrected chi connectivity index (χ3v) is 9.24. The van der Waals surface area contributed by atoms with E-state index in [1.807, 2.05) is 0 Å². The molecular formula is C19H15F2O4PS. The van der Waals surface area contributed by atoms with Crippen molar-refractivity contribution in [3.8, 4) is 5.75 Å². The summed E-state index contributed by atoms with van der Waals surface area (Å²) >= 11 is 0. The van der Waals surface area contributed by atoms with Crippen LogP contribution in [0.2, 0.25) is 0 Å². The van der Waals surface area contributed by atoms with Gasteiger partial charge < -0.3 is 8.75 Å². The van der Waals surface area contributed by atoms with Crippen LogP contribution >= 0.6 is 7.14 Å². The van der Waals surface area contributed by atoms with Crippen LogP contribution in [0.15, 0.2) is 78.9 Å². The second kappa shape index (κ2) is 7.62. The van der Waals surface area contributed by atoms with Crippen molar-refractivity contribution in [3.05, 3.63) is 90.5 Å². The first-order valence-corrected chi connectivity index (χ1v) is 11.4. The second-order valence-corrected chi connectivity index (χ2v) is 10.5. The minimum absolute atomic E-state index is 0.0196. The summed E-state index contributed by atoms with van der Waals surface area (Å²) in [5.41, 5.74) is -1.07. The first-order chi connectivity index (χ1) is 12.8. The molecule has 0 aliphatic carbocycles. The van der Waals surface area contributed by atoms with E-state index in [9.17, 15) is 21.8 Å². The molecular weight excluding hydrogens is 393 g/mol. The van der Waals surface area contributed by atoms with Gasteiger partial charge in [0.15, 0.2) is 7.14 Å². The van der Waals surface area contributed by atoms with E-state index in [0.717, 1.165) is 12.1 Å². The number of para-hydroxylation sites is 1. The Hall–Kier alpha value is -2.50. The molecule has 0 atom stereocenters. The maximum atomic E-state index is 14.4. The molecule has 0 heterocycles. The van der Waals surface area contributed by atoms with E-state index in [1.165, 1.54) is 48.5 Å². The molecule has 0 fully saturated rings. The summed E-state index contributed by atoms with van der Waals surface area (Å²) in [6.45, 7) is 0. The highest BCUT2D eigenvalue weighted by molar-refractivity contribution is 7.99. The maximum Gasteiger partial charge on any atom is 0.316 e. The van der Waals surface area contributed by atoms with E-state index >= 15 is 0 Å². The van der Waals surface area contributed by atoms with Crippen LogP contribution in [0.4, 0.5) is 8.78 Å². The Morgan fingerprint density at radius 1 is 0.741 bits per heavy atom. The molecule has 27 heavy (non-hydrogen) atoms. The molecule has 0 aromatic heterocycles. The molecule has 0 aliphatic heterocycles. The zero-order valence-electron chi connectivity index (χ0n) is 14.0. The van der Waals surface area contributed by atoms with E-state index in [0.29, 0.717) is 0 Å². The Balaban J connectivity index is 2.10. The molecule has 0 N–H and O–H groups in total. The number of halogens is 2. The zero-order chi connectivity index (χ0) is 19.5. The average molecular weight is 408 g/mol. The van der Waals surface area contributed by atoms with Gasteiger partial charge in [0.05, 0.1) is 10.6 Å². The lowest BCUT2D eigenvalue weighted by molar-refractivity contribution is 0.490. The predicted molar refractivity (Wildman–Crippen MR) is 101 cm³/mol. The fourth-order valence-electron chi connectivity index (χ4n) is 2.63. The van der Waals surface area contributed by atoms with E-state index in [-0.39, 0.29) is 16.4 Å². The molecule has 0 unspecified atom stereocenters. The van der Waals surface area contributed by atoms with Gasteiger partial charge in [-0.3, -0.25) is 0 Å². The van der Waals surface area contributed by atoms with Crippen LogP contribution in [0.1, 0.15) is 0 Å². The van der Waals surface area contributed by atoms with E-state index in [2.05, 4.69) is 0 Å². The fourth-order valence-corrected chi connectivity index (χ4v) is 7.89. The number of rotatable bonds is 6. The van der Waals surface area contributed by atoms with Gasteiger partial charge in [-0.05, 0) is 36.4 Å². The summed E-state index contributed by atoms with van der Waals surface area (Å²) in [6, 6.07) is 17.7. The maximum absolute atomic E-state index is 14.4. The van der Waals surface area contributed by atoms with Crippen LogP contribution in [-0.2, 0) is 14.7 Å². The quantitative estimate of drug-likeness (QED) is 0.462. The highest BCUT2D eigenvalue weighted by Crippen LogP contribution is 2.46. The van der Waals surface area contributed by atoms with Gasteiger partial charge in [0.1, 0.15) is 22.9 Å². The fraction of sp³-hybridized carbons (Fsp3) is 0.0526. The monoisotopic (exact) mass is 408 g/mol. The molecule has 0 spiro atoms. The van der Waals surface area contributed by atoms with Gasteiger partial charge in [-0.2, -0.15) is 8.42 Å². The van der Waals surface area contributed by atoms with Crippen LogP contribution in [0, 0.1) is 11.6 Å². The van der Waals surface area contributed by atoms with Gasteiger partial charge >= 0.3 is 10.1 Å². The van der Waals surface area contributed by atoms with Crippen molar-refractivity contribution in [2.24, 2.45) is 0 Å². The Morgan fingerprint density at radius 2 is 1.19 bits per heavy atom. The summed E-state index contributed by atoms with van der Waals surface area (Å²) in [6.07, 6.45) is 0. The normalized spacial score (nSPS) is 11.9. The zero-order valence-corrected chi connectivity index (χ0v) is 15.7. The Kier molecular flexibility index (Phi) is 5.44. The Labute approximate surface area is 155 Å². The molecule has 3 rings (SSSR count). The second-order valence-electron chi connectivity index (χ2n) is 5.73. The number of hydrogen-bond acceptors (Lipinski definition) is 4. The largest absolute Gasteiger partial charge is 0.382 e. The standard InChI is InChI=1S/C19H15F2O4PS/c20-16-10-4-6-12-18(16)26(22,19-13-7-5-11-17(19)21)14-27(23,24)25-15-8-2-1-3-9-15/h1-13H,14H2. The third-order valence-electron chi connectivity index (χ3n) is 3.79. The number of benzene rings is 3. The van der Waals surface area contributed by atoms with Gasteiger partial charge in [-0.25, -0.2) is 8.78 Å². The summed E-state index contributed by atoms with van der Waals surface area (Å²) < 4.78 is 72.5. The van der Waals surface area contributed by atoms with Gasteiger partial charge in [0, 0.05) is 0 Å². The van der Waals surface area contributed by atoms with Crippen molar-refractivity contribution >= 4 is 27.9 Å². The van der Waals surface area contributed by atoms with Crippen molar-refractivity contribution < 1.29 is 25.9 Å². The van der Waals surface area contributed by atoms with Gasteiger partial charge in [0.25, 0.3) is 0 Å². The lowest BCUT2D eigenvalue weighted by Gasteiger charge is -2.20. The average Bonchev–Trinajstić information content (AvgIpc) is 2.62. The Bertz CT molecular complexity index is 1050. The van der Waals surface area contributed by atoms with Crippen LogP contribution in [0.25, 0.3) is 0 Å². The first-order valence-electron chi connectivity index (χ1n) is 7.88. The molecule has 3 aromatic rings. The summed E-state index contributed by atoms with van der Waals surface area (Å²) in [5.74, 6) is -1.73. The van der Waals surface area contributed by atoms with Crippen molar-refractivity contribution in [3.63, 3.8) is 0 Å². The first kappa shape index (κ1) is 19.3. The molecule has 140 valence electrons. The summed E-state index contributed by atoms with van der Waals surface area (Å²) in [4.78, 5) is 0. The van der Waals surface area contributed by atoms with Gasteiger partial charge in [-0.15, -0.1) is 0 Å². The van der Waals surface area contributed by atoms with Crippen molar-refractivity contribution in [2.75, 3.05) is 5.49 Å². The molecule has 8 heteroatoms. The van der Waals surface area contributed by atoms with Gasteiger partial charge in [-0.1, -0.05) is 42.5 Å². The van der Waals surface area contributed by atoms with Crippen molar-refractivity contribution in [2.45, 2.75) is 0 Å².